The summed E-state index contributed by atoms with van der Waals surface area (Å²) in [6, 6.07) is 3.96. The SMILES string of the molecule is CC(=O)c1csc(NS(=O)(=O)c2ccc(Cl)c(Cl)c2)n1. The number of hydrogen-bond donors (Lipinski definition) is 1. The van der Waals surface area contributed by atoms with Crippen LogP contribution in [0.1, 0.15) is 17.4 Å². The number of Topliss-reactive ketones (excluding diaryl/α,β-unsaturated/α-hetero) is 1. The van der Waals surface area contributed by atoms with Gasteiger partial charge in [-0.2, -0.15) is 0 Å². The number of benzene rings is 1. The summed E-state index contributed by atoms with van der Waals surface area (Å²) in [6.45, 7) is 1.35. The molecule has 20 heavy (non-hydrogen) atoms. The summed E-state index contributed by atoms with van der Waals surface area (Å²) in [6.07, 6.45) is 0. The third kappa shape index (κ3) is 3.29. The van der Waals surface area contributed by atoms with Gasteiger partial charge in [0.25, 0.3) is 10.0 Å². The van der Waals surface area contributed by atoms with E-state index < -0.39 is 10.0 Å². The zero-order valence-electron chi connectivity index (χ0n) is 10.1. The highest BCUT2D eigenvalue weighted by Crippen LogP contribution is 2.26. The molecule has 0 saturated heterocycles. The van der Waals surface area contributed by atoms with Crippen molar-refractivity contribution in [1.29, 1.82) is 0 Å². The van der Waals surface area contributed by atoms with E-state index in [9.17, 15) is 13.2 Å². The Morgan fingerprint density at radius 3 is 2.55 bits per heavy atom. The summed E-state index contributed by atoms with van der Waals surface area (Å²) in [5.41, 5.74) is 0.210. The molecule has 1 aromatic carbocycles. The molecule has 2 rings (SSSR count). The van der Waals surface area contributed by atoms with Crippen molar-refractivity contribution in [3.05, 3.63) is 39.3 Å². The highest BCUT2D eigenvalue weighted by Gasteiger charge is 2.18. The van der Waals surface area contributed by atoms with Crippen molar-refractivity contribution in [3.63, 3.8) is 0 Å². The standard InChI is InChI=1S/C11H8Cl2N2O3S2/c1-6(16)10-5-19-11(14-10)15-20(17,18)7-2-3-8(12)9(13)4-7/h2-5H,1H3,(H,14,15). The number of thiazole rings is 1. The molecule has 0 unspecified atom stereocenters. The fourth-order valence-corrected chi connectivity index (χ4v) is 3.69. The Balaban J connectivity index is 2.30. The second-order valence-corrected chi connectivity index (χ2v) is 7.13. The second kappa shape index (κ2) is 5.69. The van der Waals surface area contributed by atoms with Gasteiger partial charge < -0.3 is 0 Å². The number of hydrogen-bond acceptors (Lipinski definition) is 5. The third-order valence-electron chi connectivity index (χ3n) is 2.29. The summed E-state index contributed by atoms with van der Waals surface area (Å²) >= 11 is 12.5. The van der Waals surface area contributed by atoms with Gasteiger partial charge in [0.15, 0.2) is 10.9 Å². The van der Waals surface area contributed by atoms with Gasteiger partial charge >= 0.3 is 0 Å². The zero-order valence-corrected chi connectivity index (χ0v) is 13.2. The molecule has 0 aliphatic carbocycles. The van der Waals surface area contributed by atoms with E-state index in [4.69, 9.17) is 23.2 Å². The number of nitrogens with zero attached hydrogens (tertiary/aromatic N) is 1. The molecular weight excluding hydrogens is 343 g/mol. The molecule has 0 saturated carbocycles. The Morgan fingerprint density at radius 1 is 1.30 bits per heavy atom. The molecule has 0 amide bonds. The summed E-state index contributed by atoms with van der Waals surface area (Å²) in [7, 11) is -3.82. The molecule has 9 heteroatoms. The number of carbonyl (C=O) groups excluding carboxylic acids is 1. The van der Waals surface area contributed by atoms with E-state index in [1.165, 1.54) is 30.5 Å². The van der Waals surface area contributed by atoms with Crippen LogP contribution in [0.2, 0.25) is 10.0 Å². The average molecular weight is 351 g/mol. The van der Waals surface area contributed by atoms with E-state index >= 15 is 0 Å². The minimum Gasteiger partial charge on any atom is -0.293 e. The Kier molecular flexibility index (Phi) is 4.33. The van der Waals surface area contributed by atoms with Crippen LogP contribution in [0.25, 0.3) is 0 Å². The van der Waals surface area contributed by atoms with Gasteiger partial charge in [-0.3, -0.25) is 9.52 Å². The molecule has 0 aliphatic rings. The number of carbonyl (C=O) groups is 1. The number of anilines is 1. The Hall–Kier alpha value is -1.15. The average Bonchev–Trinajstić information content (AvgIpc) is 2.80. The lowest BCUT2D eigenvalue weighted by atomic mass is 10.4. The maximum atomic E-state index is 12.1. The molecule has 1 aromatic heterocycles. The van der Waals surface area contributed by atoms with Crippen LogP contribution in [-0.2, 0) is 10.0 Å². The summed E-state index contributed by atoms with van der Waals surface area (Å²) in [4.78, 5) is 15.0. The van der Waals surface area contributed by atoms with Crippen LogP contribution < -0.4 is 4.72 Å². The maximum absolute atomic E-state index is 12.1. The van der Waals surface area contributed by atoms with Crippen LogP contribution in [0, 0.1) is 0 Å². The van der Waals surface area contributed by atoms with Crippen molar-refractivity contribution >= 4 is 55.5 Å². The number of nitrogens with one attached hydrogen (secondary N) is 1. The molecule has 5 nitrogen and oxygen atoms in total. The monoisotopic (exact) mass is 350 g/mol. The summed E-state index contributed by atoms with van der Waals surface area (Å²) < 4.78 is 26.5. The first-order valence-corrected chi connectivity index (χ1v) is 8.36. The number of ketones is 1. The van der Waals surface area contributed by atoms with E-state index in [2.05, 4.69) is 9.71 Å². The fourth-order valence-electron chi connectivity index (χ4n) is 1.30. The Bertz CT molecular complexity index is 772. The smallest absolute Gasteiger partial charge is 0.263 e. The number of sulfonamides is 1. The van der Waals surface area contributed by atoms with Gasteiger partial charge in [-0.15, -0.1) is 11.3 Å². The van der Waals surface area contributed by atoms with Gasteiger partial charge in [-0.05, 0) is 18.2 Å². The summed E-state index contributed by atoms with van der Waals surface area (Å²) in [5, 5.41) is 1.99. The number of aromatic nitrogens is 1. The first-order chi connectivity index (χ1) is 9.29. The third-order valence-corrected chi connectivity index (χ3v) is 5.25. The minimum absolute atomic E-state index is 0.0357. The van der Waals surface area contributed by atoms with E-state index in [1.54, 1.807) is 0 Å². The van der Waals surface area contributed by atoms with Gasteiger partial charge in [0.1, 0.15) is 5.69 Å². The molecule has 0 fully saturated rings. The first-order valence-electron chi connectivity index (χ1n) is 5.24. The van der Waals surface area contributed by atoms with Gasteiger partial charge in [0.05, 0.1) is 14.9 Å². The van der Waals surface area contributed by atoms with Crippen molar-refractivity contribution in [1.82, 2.24) is 4.98 Å². The summed E-state index contributed by atoms with van der Waals surface area (Å²) in [5.74, 6) is -0.235. The minimum atomic E-state index is -3.82. The van der Waals surface area contributed by atoms with Gasteiger partial charge in [0, 0.05) is 12.3 Å². The lowest BCUT2D eigenvalue weighted by Crippen LogP contribution is -2.13. The molecule has 1 N–H and O–H groups in total. The predicted molar refractivity (Wildman–Crippen MR) is 79.4 cm³/mol. The molecule has 0 atom stereocenters. The lowest BCUT2D eigenvalue weighted by Gasteiger charge is -2.06. The zero-order chi connectivity index (χ0) is 14.9. The van der Waals surface area contributed by atoms with Crippen LogP contribution in [0.4, 0.5) is 5.13 Å². The van der Waals surface area contributed by atoms with Crippen molar-refractivity contribution in [2.45, 2.75) is 11.8 Å². The number of halogens is 2. The van der Waals surface area contributed by atoms with Crippen LogP contribution in [-0.4, -0.2) is 19.2 Å². The molecule has 1 heterocycles. The topological polar surface area (TPSA) is 76.1 Å². The Labute approximate surface area is 129 Å². The molecule has 2 aromatic rings. The van der Waals surface area contributed by atoms with E-state index in [1.807, 2.05) is 0 Å². The quantitative estimate of drug-likeness (QED) is 0.856. The van der Waals surface area contributed by atoms with E-state index in [0.29, 0.717) is 0 Å². The highest BCUT2D eigenvalue weighted by atomic mass is 35.5. The van der Waals surface area contributed by atoms with Crippen molar-refractivity contribution in [3.8, 4) is 0 Å². The fraction of sp³-hybridized carbons (Fsp3) is 0.0909. The van der Waals surface area contributed by atoms with Gasteiger partial charge in [-0.25, -0.2) is 13.4 Å². The van der Waals surface area contributed by atoms with Crippen LogP contribution in [0.5, 0.6) is 0 Å². The molecule has 106 valence electrons. The molecule has 0 radical (unpaired) electrons. The van der Waals surface area contributed by atoms with Crippen LogP contribution >= 0.6 is 34.5 Å². The molecule has 0 aliphatic heterocycles. The van der Waals surface area contributed by atoms with E-state index in [0.717, 1.165) is 11.3 Å². The largest absolute Gasteiger partial charge is 0.293 e. The number of rotatable bonds is 4. The first kappa shape index (κ1) is 15.2. The van der Waals surface area contributed by atoms with Crippen LogP contribution in [0.15, 0.2) is 28.5 Å². The van der Waals surface area contributed by atoms with Crippen molar-refractivity contribution in [2.24, 2.45) is 0 Å². The van der Waals surface area contributed by atoms with Gasteiger partial charge in [-0.1, -0.05) is 23.2 Å². The molecule has 0 spiro atoms. The van der Waals surface area contributed by atoms with Gasteiger partial charge in [0.2, 0.25) is 0 Å². The second-order valence-electron chi connectivity index (χ2n) is 3.78. The van der Waals surface area contributed by atoms with E-state index in [-0.39, 0.29) is 31.5 Å². The predicted octanol–water partition coefficient (Wildman–Crippen LogP) is 3.45. The van der Waals surface area contributed by atoms with Crippen molar-refractivity contribution in [2.75, 3.05) is 4.72 Å². The Morgan fingerprint density at radius 2 is 2.00 bits per heavy atom. The van der Waals surface area contributed by atoms with Crippen LogP contribution in [0.3, 0.4) is 0 Å². The molecule has 0 bridgehead atoms. The highest BCUT2D eigenvalue weighted by molar-refractivity contribution is 7.93. The van der Waals surface area contributed by atoms with Crippen molar-refractivity contribution < 1.29 is 13.2 Å². The maximum Gasteiger partial charge on any atom is 0.263 e. The molecular formula is C11H8Cl2N2O3S2. The lowest BCUT2D eigenvalue weighted by molar-refractivity contribution is 0.101. The normalized spacial score (nSPS) is 11.3.